The van der Waals surface area contributed by atoms with Crippen LogP contribution < -0.4 is 16.0 Å². The van der Waals surface area contributed by atoms with Crippen molar-refractivity contribution in [3.63, 3.8) is 0 Å². The topological polar surface area (TPSA) is 75.4 Å². The molecule has 3 rings (SSSR count). The molecule has 25 heavy (non-hydrogen) atoms. The lowest BCUT2D eigenvalue weighted by atomic mass is 10.0. The Morgan fingerprint density at radius 1 is 1.24 bits per heavy atom. The maximum atomic E-state index is 12.7. The summed E-state index contributed by atoms with van der Waals surface area (Å²) in [6, 6.07) is 8.21. The van der Waals surface area contributed by atoms with E-state index < -0.39 is 5.92 Å². The SMILES string of the molecule is CC(C)c1ccc(N2CCC(C(=O)NC3CCCC3CN)C2=O)cc1. The number of nitrogens with two attached hydrogens (primary N) is 1. The van der Waals surface area contributed by atoms with E-state index >= 15 is 0 Å². The van der Waals surface area contributed by atoms with E-state index in [1.54, 1.807) is 4.90 Å². The van der Waals surface area contributed by atoms with Gasteiger partial charge in [0.25, 0.3) is 0 Å². The number of nitrogens with one attached hydrogen (secondary N) is 1. The van der Waals surface area contributed by atoms with Crippen LogP contribution in [0.4, 0.5) is 5.69 Å². The Kier molecular flexibility index (Phi) is 5.42. The Hall–Kier alpha value is -1.88. The van der Waals surface area contributed by atoms with Gasteiger partial charge in [-0.05, 0) is 55.3 Å². The molecule has 1 saturated heterocycles. The number of rotatable bonds is 5. The average molecular weight is 343 g/mol. The molecule has 2 amide bonds. The first-order chi connectivity index (χ1) is 12.0. The molecule has 1 aromatic rings. The van der Waals surface area contributed by atoms with Crippen LogP contribution >= 0.6 is 0 Å². The van der Waals surface area contributed by atoms with Gasteiger partial charge in [-0.15, -0.1) is 0 Å². The van der Waals surface area contributed by atoms with Gasteiger partial charge < -0.3 is 16.0 Å². The molecule has 3 atom stereocenters. The van der Waals surface area contributed by atoms with Crippen molar-refractivity contribution in [1.29, 1.82) is 0 Å². The predicted molar refractivity (Wildman–Crippen MR) is 99.3 cm³/mol. The molecule has 1 aromatic carbocycles. The van der Waals surface area contributed by atoms with E-state index in [1.807, 2.05) is 12.1 Å². The summed E-state index contributed by atoms with van der Waals surface area (Å²) in [5.74, 6) is 0.0291. The second kappa shape index (κ2) is 7.56. The van der Waals surface area contributed by atoms with Crippen molar-refractivity contribution in [2.24, 2.45) is 17.6 Å². The number of hydrogen-bond donors (Lipinski definition) is 2. The highest BCUT2D eigenvalue weighted by molar-refractivity contribution is 6.09. The quantitative estimate of drug-likeness (QED) is 0.806. The predicted octanol–water partition coefficient (Wildman–Crippen LogP) is 2.41. The van der Waals surface area contributed by atoms with E-state index in [2.05, 4.69) is 31.3 Å². The first kappa shape index (κ1) is 17.9. The molecular formula is C20H29N3O2. The lowest BCUT2D eigenvalue weighted by Gasteiger charge is -2.22. The average Bonchev–Trinajstić information content (AvgIpc) is 3.21. The molecule has 3 unspecified atom stereocenters. The lowest BCUT2D eigenvalue weighted by Crippen LogP contribution is -2.44. The number of benzene rings is 1. The number of anilines is 1. The third kappa shape index (κ3) is 3.71. The van der Waals surface area contributed by atoms with Gasteiger partial charge in [-0.1, -0.05) is 32.4 Å². The fourth-order valence-corrected chi connectivity index (χ4v) is 4.01. The first-order valence-corrected chi connectivity index (χ1v) is 9.43. The summed E-state index contributed by atoms with van der Waals surface area (Å²) in [6.45, 7) is 5.49. The van der Waals surface area contributed by atoms with Crippen LogP contribution in [0.5, 0.6) is 0 Å². The summed E-state index contributed by atoms with van der Waals surface area (Å²) in [5, 5.41) is 3.08. The van der Waals surface area contributed by atoms with Crippen LogP contribution in [0.15, 0.2) is 24.3 Å². The van der Waals surface area contributed by atoms with E-state index in [0.717, 1.165) is 24.9 Å². The lowest BCUT2D eigenvalue weighted by molar-refractivity contribution is -0.132. The van der Waals surface area contributed by atoms with Crippen LogP contribution in [0, 0.1) is 11.8 Å². The molecule has 2 aliphatic rings. The van der Waals surface area contributed by atoms with Crippen molar-refractivity contribution in [3.8, 4) is 0 Å². The zero-order chi connectivity index (χ0) is 18.0. The van der Waals surface area contributed by atoms with Crippen LogP contribution in [0.1, 0.15) is 51.0 Å². The van der Waals surface area contributed by atoms with Gasteiger partial charge in [0.05, 0.1) is 0 Å². The highest BCUT2D eigenvalue weighted by atomic mass is 16.2. The van der Waals surface area contributed by atoms with Crippen molar-refractivity contribution in [2.45, 2.75) is 51.5 Å². The summed E-state index contributed by atoms with van der Waals surface area (Å²) < 4.78 is 0. The Balaban J connectivity index is 1.64. The van der Waals surface area contributed by atoms with E-state index in [4.69, 9.17) is 5.73 Å². The van der Waals surface area contributed by atoms with Gasteiger partial charge in [0.1, 0.15) is 5.92 Å². The maximum Gasteiger partial charge on any atom is 0.239 e. The molecule has 136 valence electrons. The molecule has 0 radical (unpaired) electrons. The van der Waals surface area contributed by atoms with Gasteiger partial charge in [-0.25, -0.2) is 0 Å². The smallest absolute Gasteiger partial charge is 0.239 e. The summed E-state index contributed by atoms with van der Waals surface area (Å²) in [5.41, 5.74) is 7.91. The Labute approximate surface area is 150 Å². The monoisotopic (exact) mass is 343 g/mol. The maximum absolute atomic E-state index is 12.7. The standard InChI is InChI=1S/C20H29N3O2/c1-13(2)14-6-8-16(9-7-14)23-11-10-17(20(23)25)19(24)22-18-5-3-4-15(18)12-21/h6-9,13,15,17-18H,3-5,10-12,21H2,1-2H3,(H,22,24). The van der Waals surface area contributed by atoms with Gasteiger partial charge in [-0.3, -0.25) is 9.59 Å². The molecule has 2 fully saturated rings. The number of nitrogens with zero attached hydrogens (tertiary/aromatic N) is 1. The van der Waals surface area contributed by atoms with Gasteiger partial charge in [0.15, 0.2) is 0 Å². The zero-order valence-corrected chi connectivity index (χ0v) is 15.2. The molecule has 1 aliphatic carbocycles. The molecular weight excluding hydrogens is 314 g/mol. The molecule has 5 nitrogen and oxygen atoms in total. The van der Waals surface area contributed by atoms with Crippen molar-refractivity contribution in [1.82, 2.24) is 5.32 Å². The molecule has 3 N–H and O–H groups in total. The van der Waals surface area contributed by atoms with E-state index in [0.29, 0.717) is 31.3 Å². The van der Waals surface area contributed by atoms with Gasteiger partial charge >= 0.3 is 0 Å². The highest BCUT2D eigenvalue weighted by Crippen LogP contribution is 2.29. The van der Waals surface area contributed by atoms with Crippen LogP contribution in [0.2, 0.25) is 0 Å². The van der Waals surface area contributed by atoms with E-state index in [-0.39, 0.29) is 17.9 Å². The van der Waals surface area contributed by atoms with Crippen molar-refractivity contribution in [2.75, 3.05) is 18.0 Å². The molecule has 1 aliphatic heterocycles. The van der Waals surface area contributed by atoms with Crippen LogP contribution in [0.25, 0.3) is 0 Å². The minimum Gasteiger partial charge on any atom is -0.352 e. The van der Waals surface area contributed by atoms with Crippen LogP contribution in [-0.2, 0) is 9.59 Å². The number of amides is 2. The fraction of sp³-hybridized carbons (Fsp3) is 0.600. The molecule has 5 heteroatoms. The van der Waals surface area contributed by atoms with Crippen LogP contribution in [0.3, 0.4) is 0 Å². The second-order valence-corrected chi connectivity index (χ2v) is 7.62. The Bertz CT molecular complexity index is 626. The molecule has 0 spiro atoms. The molecule has 1 saturated carbocycles. The van der Waals surface area contributed by atoms with E-state index in [9.17, 15) is 9.59 Å². The summed E-state index contributed by atoms with van der Waals surface area (Å²) in [4.78, 5) is 27.1. The zero-order valence-electron chi connectivity index (χ0n) is 15.2. The molecule has 0 aromatic heterocycles. The first-order valence-electron chi connectivity index (χ1n) is 9.43. The second-order valence-electron chi connectivity index (χ2n) is 7.62. The van der Waals surface area contributed by atoms with Crippen molar-refractivity contribution < 1.29 is 9.59 Å². The van der Waals surface area contributed by atoms with Crippen molar-refractivity contribution >= 4 is 17.5 Å². The minimum absolute atomic E-state index is 0.0860. The largest absolute Gasteiger partial charge is 0.352 e. The minimum atomic E-state index is -0.566. The van der Waals surface area contributed by atoms with Gasteiger partial charge in [0, 0.05) is 18.3 Å². The van der Waals surface area contributed by atoms with Gasteiger partial charge in [-0.2, -0.15) is 0 Å². The number of hydrogen-bond acceptors (Lipinski definition) is 3. The summed E-state index contributed by atoms with van der Waals surface area (Å²) in [6.07, 6.45) is 3.71. The molecule has 1 heterocycles. The van der Waals surface area contributed by atoms with E-state index in [1.165, 1.54) is 5.56 Å². The summed E-state index contributed by atoms with van der Waals surface area (Å²) in [7, 11) is 0. The Morgan fingerprint density at radius 2 is 1.96 bits per heavy atom. The van der Waals surface area contributed by atoms with Crippen LogP contribution in [-0.4, -0.2) is 30.9 Å². The third-order valence-corrected chi connectivity index (χ3v) is 5.68. The fourth-order valence-electron chi connectivity index (χ4n) is 4.01. The number of carbonyl (C=O) groups is 2. The van der Waals surface area contributed by atoms with Gasteiger partial charge in [0.2, 0.25) is 11.8 Å². The highest BCUT2D eigenvalue weighted by Gasteiger charge is 2.39. The Morgan fingerprint density at radius 3 is 2.60 bits per heavy atom. The third-order valence-electron chi connectivity index (χ3n) is 5.68. The molecule has 0 bridgehead atoms. The normalized spacial score (nSPS) is 26.5. The summed E-state index contributed by atoms with van der Waals surface area (Å²) >= 11 is 0. The number of carbonyl (C=O) groups excluding carboxylic acids is 2. The van der Waals surface area contributed by atoms with Crippen molar-refractivity contribution in [3.05, 3.63) is 29.8 Å².